The minimum atomic E-state index is -0.566. The molecule has 2 heterocycles. The number of nitrogens with zero attached hydrogens (tertiary/aromatic N) is 3. The fourth-order valence-electron chi connectivity index (χ4n) is 1.69. The SMILES string of the molecule is CC1(O)CCCN(c2ncns2)C1. The molecule has 4 nitrogen and oxygen atoms in total. The molecule has 1 aromatic heterocycles. The minimum absolute atomic E-state index is 0.566. The van der Waals surface area contributed by atoms with E-state index in [0.717, 1.165) is 24.5 Å². The molecule has 0 spiro atoms. The summed E-state index contributed by atoms with van der Waals surface area (Å²) in [6, 6.07) is 0. The van der Waals surface area contributed by atoms with Crippen molar-refractivity contribution in [3.8, 4) is 0 Å². The summed E-state index contributed by atoms with van der Waals surface area (Å²) >= 11 is 1.38. The largest absolute Gasteiger partial charge is 0.388 e. The molecule has 1 N–H and O–H groups in total. The van der Waals surface area contributed by atoms with Crippen LogP contribution in [0.25, 0.3) is 0 Å². The summed E-state index contributed by atoms with van der Waals surface area (Å²) in [5.74, 6) is 0. The van der Waals surface area contributed by atoms with E-state index in [1.807, 2.05) is 6.92 Å². The van der Waals surface area contributed by atoms with Gasteiger partial charge in [0.15, 0.2) is 0 Å². The van der Waals surface area contributed by atoms with E-state index in [2.05, 4.69) is 14.3 Å². The van der Waals surface area contributed by atoms with E-state index in [9.17, 15) is 5.11 Å². The van der Waals surface area contributed by atoms with Gasteiger partial charge in [-0.15, -0.1) is 0 Å². The number of hydrogen-bond acceptors (Lipinski definition) is 5. The smallest absolute Gasteiger partial charge is 0.205 e. The molecule has 72 valence electrons. The standard InChI is InChI=1S/C8H13N3OS/c1-8(12)3-2-4-11(5-8)7-9-6-10-13-7/h6,12H,2-5H2,1H3. The Hall–Kier alpha value is -0.680. The van der Waals surface area contributed by atoms with Crippen molar-refractivity contribution in [1.82, 2.24) is 9.36 Å². The highest BCUT2D eigenvalue weighted by Crippen LogP contribution is 2.25. The van der Waals surface area contributed by atoms with Crippen molar-refractivity contribution in [2.45, 2.75) is 25.4 Å². The van der Waals surface area contributed by atoms with Gasteiger partial charge in [0.05, 0.1) is 5.60 Å². The van der Waals surface area contributed by atoms with Crippen LogP contribution in [-0.4, -0.2) is 33.2 Å². The minimum Gasteiger partial charge on any atom is -0.388 e. The third-order valence-electron chi connectivity index (χ3n) is 2.30. The summed E-state index contributed by atoms with van der Waals surface area (Å²) in [5, 5.41) is 10.8. The van der Waals surface area contributed by atoms with Crippen molar-refractivity contribution in [3.63, 3.8) is 0 Å². The lowest BCUT2D eigenvalue weighted by Gasteiger charge is -2.36. The Morgan fingerprint density at radius 3 is 3.15 bits per heavy atom. The van der Waals surface area contributed by atoms with Gasteiger partial charge in [-0.3, -0.25) is 0 Å². The average molecular weight is 199 g/mol. The lowest BCUT2D eigenvalue weighted by molar-refractivity contribution is 0.0449. The van der Waals surface area contributed by atoms with Gasteiger partial charge in [0, 0.05) is 24.6 Å². The second-order valence-corrected chi connectivity index (χ2v) is 4.50. The van der Waals surface area contributed by atoms with Crippen LogP contribution >= 0.6 is 11.5 Å². The number of anilines is 1. The molecule has 0 amide bonds. The maximum Gasteiger partial charge on any atom is 0.205 e. The fraction of sp³-hybridized carbons (Fsp3) is 0.750. The zero-order valence-electron chi connectivity index (χ0n) is 7.60. The van der Waals surface area contributed by atoms with Crippen LogP contribution in [0.1, 0.15) is 19.8 Å². The maximum atomic E-state index is 9.86. The van der Waals surface area contributed by atoms with Gasteiger partial charge in [-0.2, -0.15) is 4.37 Å². The molecule has 1 aliphatic rings. The van der Waals surface area contributed by atoms with E-state index in [0.29, 0.717) is 6.54 Å². The Morgan fingerprint density at radius 2 is 2.54 bits per heavy atom. The van der Waals surface area contributed by atoms with Crippen LogP contribution in [-0.2, 0) is 0 Å². The lowest BCUT2D eigenvalue weighted by Crippen LogP contribution is -2.46. The summed E-state index contributed by atoms with van der Waals surface area (Å²) in [7, 11) is 0. The van der Waals surface area contributed by atoms with Crippen LogP contribution in [0.5, 0.6) is 0 Å². The number of hydrogen-bond donors (Lipinski definition) is 1. The predicted molar refractivity (Wildman–Crippen MR) is 52.0 cm³/mol. The molecule has 1 aromatic rings. The molecule has 0 aromatic carbocycles. The van der Waals surface area contributed by atoms with Gasteiger partial charge in [-0.1, -0.05) is 0 Å². The highest BCUT2D eigenvalue weighted by molar-refractivity contribution is 7.09. The Labute approximate surface area is 81.4 Å². The van der Waals surface area contributed by atoms with E-state index in [1.54, 1.807) is 6.33 Å². The summed E-state index contributed by atoms with van der Waals surface area (Å²) in [6.45, 7) is 3.52. The van der Waals surface area contributed by atoms with Gasteiger partial charge in [0.25, 0.3) is 0 Å². The van der Waals surface area contributed by atoms with Crippen LogP contribution in [0.2, 0.25) is 0 Å². The van der Waals surface area contributed by atoms with Crippen molar-refractivity contribution in [3.05, 3.63) is 6.33 Å². The van der Waals surface area contributed by atoms with Crippen molar-refractivity contribution >= 4 is 16.7 Å². The number of aromatic nitrogens is 2. The Bertz CT molecular complexity index is 273. The van der Waals surface area contributed by atoms with Gasteiger partial charge in [0.2, 0.25) is 5.13 Å². The van der Waals surface area contributed by atoms with Crippen LogP contribution in [0.3, 0.4) is 0 Å². The van der Waals surface area contributed by atoms with Crippen LogP contribution in [0.15, 0.2) is 6.33 Å². The van der Waals surface area contributed by atoms with Crippen molar-refractivity contribution in [2.24, 2.45) is 0 Å². The molecule has 2 rings (SSSR count). The van der Waals surface area contributed by atoms with Crippen molar-refractivity contribution < 1.29 is 5.11 Å². The summed E-state index contributed by atoms with van der Waals surface area (Å²) in [5.41, 5.74) is -0.566. The van der Waals surface area contributed by atoms with Crippen LogP contribution in [0.4, 0.5) is 5.13 Å². The van der Waals surface area contributed by atoms with Crippen molar-refractivity contribution in [1.29, 1.82) is 0 Å². The van der Waals surface area contributed by atoms with Gasteiger partial charge < -0.3 is 10.0 Å². The monoisotopic (exact) mass is 199 g/mol. The second-order valence-electron chi connectivity index (χ2n) is 3.75. The highest BCUT2D eigenvalue weighted by Gasteiger charge is 2.29. The quantitative estimate of drug-likeness (QED) is 0.729. The van der Waals surface area contributed by atoms with Crippen LogP contribution in [0, 0.1) is 0 Å². The van der Waals surface area contributed by atoms with E-state index >= 15 is 0 Å². The molecule has 1 aliphatic heterocycles. The first-order valence-electron chi connectivity index (χ1n) is 4.41. The Balaban J connectivity index is 2.09. The van der Waals surface area contributed by atoms with Gasteiger partial charge in [0.1, 0.15) is 6.33 Å². The first-order chi connectivity index (χ1) is 6.17. The topological polar surface area (TPSA) is 49.2 Å². The highest BCUT2D eigenvalue weighted by atomic mass is 32.1. The third-order valence-corrected chi connectivity index (χ3v) is 3.02. The normalized spacial score (nSPS) is 29.2. The van der Waals surface area contributed by atoms with Crippen molar-refractivity contribution in [2.75, 3.05) is 18.0 Å². The zero-order chi connectivity index (χ0) is 9.31. The van der Waals surface area contributed by atoms with Gasteiger partial charge >= 0.3 is 0 Å². The average Bonchev–Trinajstić information content (AvgIpc) is 2.53. The lowest BCUT2D eigenvalue weighted by atomic mass is 9.96. The molecule has 5 heteroatoms. The molecule has 13 heavy (non-hydrogen) atoms. The first kappa shape index (κ1) is 8.90. The van der Waals surface area contributed by atoms with Gasteiger partial charge in [-0.05, 0) is 19.8 Å². The third kappa shape index (κ3) is 1.97. The molecule has 0 radical (unpaired) electrons. The molecule has 1 unspecified atom stereocenters. The second kappa shape index (κ2) is 3.23. The number of piperidine rings is 1. The molecule has 1 atom stereocenters. The Morgan fingerprint density at radius 1 is 1.69 bits per heavy atom. The molecule has 1 saturated heterocycles. The summed E-state index contributed by atoms with van der Waals surface area (Å²) < 4.78 is 3.95. The van der Waals surface area contributed by atoms with E-state index in [4.69, 9.17) is 0 Å². The van der Waals surface area contributed by atoms with Gasteiger partial charge in [-0.25, -0.2) is 4.98 Å². The summed E-state index contributed by atoms with van der Waals surface area (Å²) in [6.07, 6.45) is 3.46. The zero-order valence-corrected chi connectivity index (χ0v) is 8.42. The Kier molecular flexibility index (Phi) is 2.21. The van der Waals surface area contributed by atoms with Crippen LogP contribution < -0.4 is 4.90 Å². The molecule has 1 fully saturated rings. The molecule has 0 aliphatic carbocycles. The molecular weight excluding hydrogens is 186 g/mol. The predicted octanol–water partition coefficient (Wildman–Crippen LogP) is 0.889. The summed E-state index contributed by atoms with van der Waals surface area (Å²) in [4.78, 5) is 6.23. The van der Waals surface area contributed by atoms with E-state index < -0.39 is 5.60 Å². The number of rotatable bonds is 1. The number of β-amino-alcohol motifs (C(OH)–C–C–N with tert-alkyl or cyclic N) is 1. The fourth-order valence-corrected chi connectivity index (χ4v) is 2.24. The van der Waals surface area contributed by atoms with E-state index in [-0.39, 0.29) is 0 Å². The first-order valence-corrected chi connectivity index (χ1v) is 5.19. The number of aliphatic hydroxyl groups is 1. The molecule has 0 bridgehead atoms. The maximum absolute atomic E-state index is 9.86. The molecule has 0 saturated carbocycles. The molecular formula is C8H13N3OS. The van der Waals surface area contributed by atoms with E-state index in [1.165, 1.54) is 11.5 Å².